The van der Waals surface area contributed by atoms with E-state index in [9.17, 15) is 15.8 Å². The molecule has 12 aliphatic rings. The van der Waals surface area contributed by atoms with E-state index in [0.717, 1.165) is 169 Å². The lowest BCUT2D eigenvalue weighted by molar-refractivity contribution is -0.00880. The van der Waals surface area contributed by atoms with Crippen molar-refractivity contribution >= 4 is 50.6 Å². The van der Waals surface area contributed by atoms with Crippen LogP contribution in [0, 0.1) is 34.0 Å². The Hall–Kier alpha value is -12.9. The van der Waals surface area contributed by atoms with E-state index in [0.29, 0.717) is 97.0 Å². The number of fused-ring (bicyclic) bond motifs is 9. The first-order valence-corrected chi connectivity index (χ1v) is 39.9. The molecular formula is C89H87N23O5. The van der Waals surface area contributed by atoms with Crippen molar-refractivity contribution in [3.63, 3.8) is 0 Å². The maximum Gasteiger partial charge on any atom is 0.212 e. The van der Waals surface area contributed by atoms with Gasteiger partial charge in [0.15, 0.2) is 0 Å². The van der Waals surface area contributed by atoms with Gasteiger partial charge in [0, 0.05) is 192 Å². The standard InChI is InChI=1S/C30H30N8O.C30H29N7O2.C29H28N8O2/c1-35-8-7-21(16-35)22-9-27(30-23(11-31)13-34-38(30)17-22)28-5-4-24(14-32-28)36-18-25-10-26(19-36)37(25)15-20-3-6-29(39-2)33-12-20;1-38-29-5-2-20(13-33-29)16-36-25-11-26(36)19-35(18-25)28-4-3-22(14-32-28)27-10-23(21-6-8-39-9-7-21)17-37-30(27)24(12-31)15-34-37;1-38-28-3-2-19(11-33-28)15-36-23-9-24(36)18-35(17-23)27-14-31-26(13-32-27)25-8-21(20-4-6-39-7-5-20)16-37-29(25)22(10-30)12-34-37/h3-7,9,12-14,17,25-26H,8,10,15-16,18-19H2,1-2H3;2-6,10,13-15,17,25-26H,7-9,11,16,18-19H2,1H3;2-4,8,11-14,16,23-24H,5-7,9,15,17-18H2,1H3. The molecule has 12 aromatic heterocycles. The number of nitrogens with zero attached hydrogens (tertiary/aromatic N) is 23. The highest BCUT2D eigenvalue weighted by Crippen LogP contribution is 2.42. The molecule has 0 radical (unpaired) electrons. The van der Waals surface area contributed by atoms with Crippen molar-refractivity contribution in [3.05, 3.63) is 228 Å². The van der Waals surface area contributed by atoms with Crippen LogP contribution < -0.4 is 28.9 Å². The Morgan fingerprint density at radius 2 is 0.855 bits per heavy atom. The minimum atomic E-state index is 0.487. The van der Waals surface area contributed by atoms with E-state index in [4.69, 9.17) is 43.6 Å². The van der Waals surface area contributed by atoms with E-state index < -0.39 is 0 Å². The highest BCUT2D eigenvalue weighted by atomic mass is 16.5. The number of rotatable bonds is 18. The molecular weight excluding hydrogens is 1470 g/mol. The van der Waals surface area contributed by atoms with Gasteiger partial charge < -0.3 is 38.4 Å². The van der Waals surface area contributed by atoms with Crippen LogP contribution in [-0.2, 0) is 29.1 Å². The van der Waals surface area contributed by atoms with E-state index in [1.54, 1.807) is 44.4 Å². The molecule has 24 heterocycles. The van der Waals surface area contributed by atoms with Crippen molar-refractivity contribution in [2.75, 3.05) is 122 Å². The fourth-order valence-corrected chi connectivity index (χ4v) is 18.2. The number of hydrogen-bond acceptors (Lipinski definition) is 25. The Labute approximate surface area is 677 Å². The number of likely N-dealkylation sites (N-methyl/N-ethyl adjacent to an activating group) is 1. The normalized spacial score (nSPS) is 20.9. The van der Waals surface area contributed by atoms with Gasteiger partial charge in [0.25, 0.3) is 0 Å². The minimum Gasteiger partial charge on any atom is -0.481 e. The first-order chi connectivity index (χ1) is 57.5. The number of piperidine rings is 3. The van der Waals surface area contributed by atoms with E-state index >= 15 is 0 Å². The third-order valence-electron chi connectivity index (χ3n) is 24.5. The molecule has 6 unspecified atom stereocenters. The lowest BCUT2D eigenvalue weighted by Crippen LogP contribution is -2.68. The highest BCUT2D eigenvalue weighted by Gasteiger charge is 2.47. The maximum atomic E-state index is 9.73. The topological polar surface area (TPSA) is 282 Å². The number of nitriles is 3. The molecule has 12 aromatic rings. The molecule has 24 rings (SSSR count). The van der Waals surface area contributed by atoms with Crippen molar-refractivity contribution in [1.82, 2.24) is 83.3 Å². The zero-order chi connectivity index (χ0) is 79.2. The van der Waals surface area contributed by atoms with Crippen molar-refractivity contribution in [2.45, 2.75) is 88.0 Å². The van der Waals surface area contributed by atoms with Gasteiger partial charge in [-0.2, -0.15) is 31.1 Å². The van der Waals surface area contributed by atoms with Crippen molar-refractivity contribution in [2.24, 2.45) is 0 Å². The van der Waals surface area contributed by atoms with Crippen LogP contribution in [0.3, 0.4) is 0 Å². The fourth-order valence-electron chi connectivity index (χ4n) is 18.2. The molecule has 28 nitrogen and oxygen atoms in total. The summed E-state index contributed by atoms with van der Waals surface area (Å²) in [6.45, 7) is 12.9. The summed E-state index contributed by atoms with van der Waals surface area (Å²) in [5.41, 5.74) is 21.1. The van der Waals surface area contributed by atoms with Gasteiger partial charge in [-0.05, 0) is 132 Å². The number of methoxy groups -OCH3 is 3. The Balaban J connectivity index is 0.000000117. The number of anilines is 3. The number of piperazine rings is 3. The summed E-state index contributed by atoms with van der Waals surface area (Å²) in [6.07, 6.45) is 36.1. The molecule has 6 bridgehead atoms. The average Bonchev–Trinajstić information content (AvgIpc) is 1.64. The SMILES string of the molecule is COc1ccc(CN2C3CC2CN(c2ccc(-c4cc(C5=CCN(C)C5)cn5ncc(C#N)c45)nc2)C3)cn1.COc1ccc(CN2C3CC2CN(c2ccc(-c4cc(C5=CCOCC5)cn5ncc(C#N)c45)cn2)C3)cn1.COc1ccc(CN2C3CC2CN(c2cnc(-c4cc(C5=CCOCC5)cn5ncc(C#N)c45)cn2)C3)cn1. The van der Waals surface area contributed by atoms with Crippen molar-refractivity contribution in [1.29, 1.82) is 15.8 Å². The number of hydrogen-bond donors (Lipinski definition) is 0. The molecule has 28 heteroatoms. The largest absolute Gasteiger partial charge is 0.481 e. The summed E-state index contributed by atoms with van der Waals surface area (Å²) in [5.74, 6) is 3.81. The van der Waals surface area contributed by atoms with Crippen LogP contribution in [0.15, 0.2) is 178 Å². The van der Waals surface area contributed by atoms with E-state index in [1.807, 2.05) is 89.2 Å². The van der Waals surface area contributed by atoms with Crippen molar-refractivity contribution < 1.29 is 23.7 Å². The van der Waals surface area contributed by atoms with Gasteiger partial charge >= 0.3 is 0 Å². The Kier molecular flexibility index (Phi) is 20.4. The molecule has 0 amide bonds. The summed E-state index contributed by atoms with van der Waals surface area (Å²) in [6, 6.07) is 36.9. The van der Waals surface area contributed by atoms with Crippen LogP contribution in [0.2, 0.25) is 0 Å². The molecule has 9 fully saturated rings. The molecule has 588 valence electrons. The van der Waals surface area contributed by atoms with E-state index in [2.05, 4.69) is 169 Å². The summed E-state index contributed by atoms with van der Waals surface area (Å²) in [5, 5.41) is 42.6. The molecule has 0 aromatic carbocycles. The van der Waals surface area contributed by atoms with E-state index in [-0.39, 0.29) is 0 Å². The number of ether oxygens (including phenoxy) is 5. The molecule has 12 aliphatic heterocycles. The molecule has 117 heavy (non-hydrogen) atoms. The quantitative estimate of drug-likeness (QED) is 0.0771. The lowest BCUT2D eigenvalue weighted by Gasteiger charge is -2.57. The van der Waals surface area contributed by atoms with Gasteiger partial charge in [0.1, 0.15) is 29.8 Å². The van der Waals surface area contributed by atoms with Gasteiger partial charge in [-0.25, -0.2) is 38.5 Å². The fraction of sp³-hybridized carbons (Fsp3) is 0.337. The van der Waals surface area contributed by atoms with Crippen LogP contribution in [0.1, 0.15) is 82.2 Å². The van der Waals surface area contributed by atoms with Gasteiger partial charge in [-0.15, -0.1) is 0 Å². The van der Waals surface area contributed by atoms with Crippen molar-refractivity contribution in [3.8, 4) is 69.5 Å². The second-order valence-electron chi connectivity index (χ2n) is 31.4. The van der Waals surface area contributed by atoms with E-state index in [1.165, 1.54) is 52.7 Å². The number of pyridine rings is 8. The van der Waals surface area contributed by atoms with Crippen LogP contribution >= 0.6 is 0 Å². The molecule has 0 aliphatic carbocycles. The predicted molar refractivity (Wildman–Crippen MR) is 442 cm³/mol. The Morgan fingerprint density at radius 1 is 0.410 bits per heavy atom. The van der Waals surface area contributed by atoms with Gasteiger partial charge in [0.2, 0.25) is 17.6 Å². The highest BCUT2D eigenvalue weighted by molar-refractivity contribution is 5.89. The predicted octanol–water partition coefficient (Wildman–Crippen LogP) is 10.7. The first-order valence-electron chi connectivity index (χ1n) is 39.9. The third-order valence-corrected chi connectivity index (χ3v) is 24.5. The third kappa shape index (κ3) is 14.8. The lowest BCUT2D eigenvalue weighted by atomic mass is 9.86. The maximum absolute atomic E-state index is 9.73. The first kappa shape index (κ1) is 74.3. The van der Waals surface area contributed by atoms with Crippen LogP contribution in [0.5, 0.6) is 17.6 Å². The van der Waals surface area contributed by atoms with Crippen LogP contribution in [-0.4, -0.2) is 227 Å². The molecule has 6 atom stereocenters. The summed E-state index contributed by atoms with van der Waals surface area (Å²) in [7, 11) is 7.03. The Morgan fingerprint density at radius 3 is 1.25 bits per heavy atom. The molecule has 0 N–H and O–H groups in total. The van der Waals surface area contributed by atoms with Crippen LogP contribution in [0.25, 0.3) is 66.9 Å². The zero-order valence-electron chi connectivity index (χ0n) is 65.7. The minimum absolute atomic E-state index is 0.487. The molecule has 0 spiro atoms. The van der Waals surface area contributed by atoms with Gasteiger partial charge in [-0.3, -0.25) is 29.6 Å². The summed E-state index contributed by atoms with van der Waals surface area (Å²) >= 11 is 0. The second kappa shape index (κ2) is 32.1. The van der Waals surface area contributed by atoms with Gasteiger partial charge in [0.05, 0.1) is 135 Å². The average molecular weight is 1560 g/mol. The summed E-state index contributed by atoms with van der Waals surface area (Å²) < 4.78 is 32.0. The summed E-state index contributed by atoms with van der Waals surface area (Å²) in [4.78, 5) is 49.7. The zero-order valence-corrected chi connectivity index (χ0v) is 65.7. The molecule has 9 saturated heterocycles. The number of aromatic nitrogens is 13. The molecule has 0 saturated carbocycles. The second-order valence-corrected chi connectivity index (χ2v) is 31.4. The smallest absolute Gasteiger partial charge is 0.212 e. The van der Waals surface area contributed by atoms with Gasteiger partial charge in [-0.1, -0.05) is 36.4 Å². The Bertz CT molecular complexity index is 5650. The monoisotopic (exact) mass is 1560 g/mol. The van der Waals surface area contributed by atoms with Crippen LogP contribution in [0.4, 0.5) is 17.3 Å².